The summed E-state index contributed by atoms with van der Waals surface area (Å²) in [7, 11) is 0. The standard InChI is InChI=1S/C6H11N3OS2/c11-6-8-7-5(12-6)9-1-3-10-4-2-9/h5,7H,1-4H2,(H,8,11). The maximum atomic E-state index is 5.25. The van der Waals surface area contributed by atoms with Crippen LogP contribution in [0.2, 0.25) is 0 Å². The molecular formula is C6H11N3OS2. The Morgan fingerprint density at radius 1 is 1.50 bits per heavy atom. The number of morpholine rings is 1. The second-order valence-corrected chi connectivity index (χ2v) is 4.43. The zero-order chi connectivity index (χ0) is 8.39. The van der Waals surface area contributed by atoms with Crippen LogP contribution in [0.25, 0.3) is 0 Å². The molecule has 0 amide bonds. The Balaban J connectivity index is 1.86. The fourth-order valence-corrected chi connectivity index (χ4v) is 2.39. The molecule has 4 nitrogen and oxygen atoms in total. The van der Waals surface area contributed by atoms with Gasteiger partial charge in [-0.2, -0.15) is 0 Å². The normalized spacial score (nSPS) is 32.0. The average molecular weight is 205 g/mol. The van der Waals surface area contributed by atoms with Crippen LogP contribution in [0.5, 0.6) is 0 Å². The van der Waals surface area contributed by atoms with Gasteiger partial charge in [-0.3, -0.25) is 4.90 Å². The number of nitrogens with zero attached hydrogens (tertiary/aromatic N) is 1. The molecule has 0 aromatic carbocycles. The van der Waals surface area contributed by atoms with Crippen molar-refractivity contribution in [3.63, 3.8) is 0 Å². The number of hydrogen-bond acceptors (Lipinski definition) is 5. The van der Waals surface area contributed by atoms with Crippen molar-refractivity contribution in [3.8, 4) is 0 Å². The highest BCUT2D eigenvalue weighted by molar-refractivity contribution is 8.23. The molecular weight excluding hydrogens is 194 g/mol. The number of thiocarbonyl (C=S) groups is 1. The van der Waals surface area contributed by atoms with Crippen molar-refractivity contribution in [2.24, 2.45) is 0 Å². The van der Waals surface area contributed by atoms with E-state index in [0.717, 1.165) is 30.6 Å². The molecule has 2 saturated heterocycles. The number of thioether (sulfide) groups is 1. The lowest BCUT2D eigenvalue weighted by molar-refractivity contribution is 0.0274. The van der Waals surface area contributed by atoms with E-state index >= 15 is 0 Å². The molecule has 0 aromatic heterocycles. The van der Waals surface area contributed by atoms with Crippen LogP contribution in [0.3, 0.4) is 0 Å². The first-order chi connectivity index (χ1) is 5.86. The van der Waals surface area contributed by atoms with Gasteiger partial charge in [-0.1, -0.05) is 24.0 Å². The minimum Gasteiger partial charge on any atom is -0.379 e. The van der Waals surface area contributed by atoms with Gasteiger partial charge in [0.15, 0.2) is 4.32 Å². The molecule has 2 aliphatic rings. The molecule has 0 aliphatic carbocycles. The maximum Gasteiger partial charge on any atom is 0.150 e. The predicted molar refractivity (Wildman–Crippen MR) is 52.6 cm³/mol. The Morgan fingerprint density at radius 3 is 2.83 bits per heavy atom. The van der Waals surface area contributed by atoms with E-state index in [0.29, 0.717) is 5.50 Å². The van der Waals surface area contributed by atoms with Gasteiger partial charge in [-0.25, -0.2) is 5.43 Å². The van der Waals surface area contributed by atoms with Gasteiger partial charge in [0.2, 0.25) is 0 Å². The van der Waals surface area contributed by atoms with E-state index in [2.05, 4.69) is 15.8 Å². The molecule has 2 fully saturated rings. The molecule has 1 unspecified atom stereocenters. The SMILES string of the molecule is S=C1NNC(N2CCOCC2)S1. The zero-order valence-electron chi connectivity index (χ0n) is 6.58. The summed E-state index contributed by atoms with van der Waals surface area (Å²) in [5.41, 5.74) is 6.34. The van der Waals surface area contributed by atoms with Gasteiger partial charge in [0.05, 0.1) is 13.2 Å². The minimum absolute atomic E-state index is 0.293. The van der Waals surface area contributed by atoms with Crippen LogP contribution in [0.4, 0.5) is 0 Å². The van der Waals surface area contributed by atoms with Crippen molar-refractivity contribution >= 4 is 28.3 Å². The monoisotopic (exact) mass is 205 g/mol. The molecule has 2 aliphatic heterocycles. The summed E-state index contributed by atoms with van der Waals surface area (Å²) in [6, 6.07) is 0. The Bertz CT molecular complexity index is 184. The van der Waals surface area contributed by atoms with Crippen molar-refractivity contribution in [1.82, 2.24) is 15.8 Å². The van der Waals surface area contributed by atoms with E-state index in [1.165, 1.54) is 0 Å². The Morgan fingerprint density at radius 2 is 2.25 bits per heavy atom. The topological polar surface area (TPSA) is 36.5 Å². The van der Waals surface area contributed by atoms with Crippen molar-refractivity contribution in [2.45, 2.75) is 5.50 Å². The van der Waals surface area contributed by atoms with Gasteiger partial charge < -0.3 is 10.2 Å². The molecule has 2 rings (SSSR count). The average Bonchev–Trinajstić information content (AvgIpc) is 2.54. The second kappa shape index (κ2) is 3.89. The van der Waals surface area contributed by atoms with E-state index in [1.807, 2.05) is 0 Å². The molecule has 68 valence electrons. The van der Waals surface area contributed by atoms with Crippen LogP contribution in [0.1, 0.15) is 0 Å². The molecule has 2 heterocycles. The van der Waals surface area contributed by atoms with Crippen LogP contribution in [-0.4, -0.2) is 41.0 Å². The summed E-state index contributed by atoms with van der Waals surface area (Å²) in [5.74, 6) is 0. The fraction of sp³-hybridized carbons (Fsp3) is 0.833. The van der Waals surface area contributed by atoms with Crippen LogP contribution in [0.15, 0.2) is 0 Å². The van der Waals surface area contributed by atoms with Crippen LogP contribution < -0.4 is 10.9 Å². The molecule has 6 heteroatoms. The van der Waals surface area contributed by atoms with Crippen molar-refractivity contribution in [3.05, 3.63) is 0 Å². The summed E-state index contributed by atoms with van der Waals surface area (Å²) < 4.78 is 6.08. The van der Waals surface area contributed by atoms with Crippen LogP contribution >= 0.6 is 24.0 Å². The summed E-state index contributed by atoms with van der Waals surface area (Å²) in [4.78, 5) is 2.32. The largest absolute Gasteiger partial charge is 0.379 e. The number of hydrogen-bond donors (Lipinski definition) is 2. The Labute approximate surface area is 81.0 Å². The van der Waals surface area contributed by atoms with Crippen molar-refractivity contribution in [2.75, 3.05) is 26.3 Å². The van der Waals surface area contributed by atoms with E-state index < -0.39 is 0 Å². The van der Waals surface area contributed by atoms with E-state index in [9.17, 15) is 0 Å². The lowest BCUT2D eigenvalue weighted by atomic mass is 10.4. The molecule has 0 saturated carbocycles. The molecule has 12 heavy (non-hydrogen) atoms. The first kappa shape index (κ1) is 8.71. The molecule has 0 aromatic rings. The second-order valence-electron chi connectivity index (χ2n) is 2.68. The zero-order valence-corrected chi connectivity index (χ0v) is 8.21. The van der Waals surface area contributed by atoms with Crippen molar-refractivity contribution < 1.29 is 4.74 Å². The molecule has 2 N–H and O–H groups in total. The van der Waals surface area contributed by atoms with E-state index in [-0.39, 0.29) is 0 Å². The highest BCUT2D eigenvalue weighted by Crippen LogP contribution is 2.18. The molecule has 0 spiro atoms. The first-order valence-corrected chi connectivity index (χ1v) is 5.19. The summed E-state index contributed by atoms with van der Waals surface area (Å²) in [6.07, 6.45) is 0. The third-order valence-electron chi connectivity index (χ3n) is 1.89. The third kappa shape index (κ3) is 1.89. The predicted octanol–water partition coefficient (Wildman–Crippen LogP) is -0.272. The summed E-state index contributed by atoms with van der Waals surface area (Å²) >= 11 is 6.65. The van der Waals surface area contributed by atoms with E-state index in [4.69, 9.17) is 17.0 Å². The Hall–Kier alpha value is 0.120. The van der Waals surface area contributed by atoms with Gasteiger partial charge in [-0.05, 0) is 0 Å². The molecule has 0 radical (unpaired) electrons. The summed E-state index contributed by atoms with van der Waals surface area (Å²) in [6.45, 7) is 3.61. The third-order valence-corrected chi connectivity index (χ3v) is 3.24. The molecule has 0 bridgehead atoms. The van der Waals surface area contributed by atoms with Gasteiger partial charge in [0.25, 0.3) is 0 Å². The highest BCUT2D eigenvalue weighted by Gasteiger charge is 2.26. The van der Waals surface area contributed by atoms with Crippen LogP contribution in [0, 0.1) is 0 Å². The van der Waals surface area contributed by atoms with Gasteiger partial charge in [0, 0.05) is 13.1 Å². The molecule has 1 atom stereocenters. The van der Waals surface area contributed by atoms with E-state index in [1.54, 1.807) is 11.8 Å². The lowest BCUT2D eigenvalue weighted by Crippen LogP contribution is -2.48. The highest BCUT2D eigenvalue weighted by atomic mass is 32.2. The fourth-order valence-electron chi connectivity index (χ4n) is 1.26. The first-order valence-electron chi connectivity index (χ1n) is 3.90. The van der Waals surface area contributed by atoms with Gasteiger partial charge >= 0.3 is 0 Å². The van der Waals surface area contributed by atoms with Crippen molar-refractivity contribution in [1.29, 1.82) is 0 Å². The quantitative estimate of drug-likeness (QED) is 0.574. The van der Waals surface area contributed by atoms with Crippen LogP contribution in [-0.2, 0) is 4.74 Å². The smallest absolute Gasteiger partial charge is 0.150 e. The number of rotatable bonds is 1. The number of ether oxygens (including phenoxy) is 1. The summed E-state index contributed by atoms with van der Waals surface area (Å²) in [5, 5.41) is 0. The Kier molecular flexibility index (Phi) is 2.82. The number of hydrazine groups is 1. The number of nitrogens with one attached hydrogen (secondary N) is 2. The van der Waals surface area contributed by atoms with Gasteiger partial charge in [0.1, 0.15) is 5.50 Å². The van der Waals surface area contributed by atoms with Gasteiger partial charge in [-0.15, -0.1) is 0 Å². The maximum absolute atomic E-state index is 5.25. The lowest BCUT2D eigenvalue weighted by Gasteiger charge is -2.30. The minimum atomic E-state index is 0.293.